The van der Waals surface area contributed by atoms with E-state index in [0.717, 1.165) is 38.4 Å². The van der Waals surface area contributed by atoms with Crippen molar-refractivity contribution in [3.8, 4) is 0 Å². The number of rotatable bonds is 10. The van der Waals surface area contributed by atoms with Crippen molar-refractivity contribution in [2.24, 2.45) is 0 Å². The van der Waals surface area contributed by atoms with Crippen LogP contribution in [0, 0.1) is 0 Å². The second-order valence-corrected chi connectivity index (χ2v) is 3.73. The zero-order chi connectivity index (χ0) is 9.78. The van der Waals surface area contributed by atoms with Crippen LogP contribution in [0.2, 0.25) is 0 Å². The molecule has 80 valence electrons. The monoisotopic (exact) mass is 206 g/mol. The summed E-state index contributed by atoms with van der Waals surface area (Å²) < 4.78 is 10.4. The summed E-state index contributed by atoms with van der Waals surface area (Å²) in [5.74, 6) is 0. The predicted molar refractivity (Wildman–Crippen MR) is 58.5 cm³/mol. The van der Waals surface area contributed by atoms with Gasteiger partial charge in [0.1, 0.15) is 0 Å². The van der Waals surface area contributed by atoms with Gasteiger partial charge >= 0.3 is 0 Å². The Bertz CT molecular complexity index is 79.0. The quantitative estimate of drug-likeness (QED) is 0.398. The molecule has 0 aromatic rings. The molecule has 0 aromatic carbocycles. The van der Waals surface area contributed by atoms with Gasteiger partial charge in [0.05, 0.1) is 13.2 Å². The lowest BCUT2D eigenvalue weighted by Gasteiger charge is -2.01. The van der Waals surface area contributed by atoms with E-state index in [1.807, 2.05) is 0 Å². The van der Waals surface area contributed by atoms with E-state index in [1.54, 1.807) is 0 Å². The third kappa shape index (κ3) is 12.3. The van der Waals surface area contributed by atoms with E-state index < -0.39 is 0 Å². The maximum Gasteiger partial charge on any atom is 0.158 e. The molecule has 0 spiro atoms. The SMILES string of the molecule is CCCCCOSOCCCCC. The maximum atomic E-state index is 5.21. The first-order chi connectivity index (χ1) is 6.41. The van der Waals surface area contributed by atoms with Crippen LogP contribution in [0.4, 0.5) is 0 Å². The van der Waals surface area contributed by atoms with Crippen molar-refractivity contribution in [3.63, 3.8) is 0 Å². The lowest BCUT2D eigenvalue weighted by molar-refractivity contribution is 0.276. The van der Waals surface area contributed by atoms with E-state index in [0.29, 0.717) is 0 Å². The Hall–Kier alpha value is 0.270. The molecule has 0 unspecified atom stereocenters. The molecule has 0 bridgehead atoms. The van der Waals surface area contributed by atoms with Crippen LogP contribution in [0.25, 0.3) is 0 Å². The number of hydrogen-bond acceptors (Lipinski definition) is 3. The summed E-state index contributed by atoms with van der Waals surface area (Å²) in [4.78, 5) is 0. The maximum absolute atomic E-state index is 5.21. The summed E-state index contributed by atoms with van der Waals surface area (Å²) in [6, 6.07) is 0. The van der Waals surface area contributed by atoms with Gasteiger partial charge in [-0.05, 0) is 12.8 Å². The first-order valence-electron chi connectivity index (χ1n) is 5.32. The van der Waals surface area contributed by atoms with Gasteiger partial charge in [-0.25, -0.2) is 0 Å². The fourth-order valence-corrected chi connectivity index (χ4v) is 1.36. The minimum atomic E-state index is 0.812. The summed E-state index contributed by atoms with van der Waals surface area (Å²) in [5.41, 5.74) is 0. The van der Waals surface area contributed by atoms with Gasteiger partial charge in [0.2, 0.25) is 0 Å². The van der Waals surface area contributed by atoms with E-state index in [4.69, 9.17) is 8.37 Å². The molecule has 0 radical (unpaired) electrons. The van der Waals surface area contributed by atoms with Crippen molar-refractivity contribution in [2.75, 3.05) is 13.2 Å². The summed E-state index contributed by atoms with van der Waals surface area (Å²) in [6.45, 7) is 6.00. The van der Waals surface area contributed by atoms with E-state index >= 15 is 0 Å². The lowest BCUT2D eigenvalue weighted by atomic mass is 10.3. The zero-order valence-electron chi connectivity index (χ0n) is 8.88. The summed E-state index contributed by atoms with van der Waals surface area (Å²) in [6.07, 6.45) is 7.26. The van der Waals surface area contributed by atoms with Crippen LogP contribution >= 0.6 is 12.3 Å². The van der Waals surface area contributed by atoms with E-state index in [1.165, 1.54) is 25.7 Å². The molecule has 0 atom stereocenters. The minimum absolute atomic E-state index is 0.812. The van der Waals surface area contributed by atoms with Gasteiger partial charge in [0.15, 0.2) is 12.3 Å². The lowest BCUT2D eigenvalue weighted by Crippen LogP contribution is -1.90. The highest BCUT2D eigenvalue weighted by Gasteiger charge is 1.91. The van der Waals surface area contributed by atoms with Crippen LogP contribution in [0.15, 0.2) is 0 Å². The Labute approximate surface area is 86.8 Å². The highest BCUT2D eigenvalue weighted by atomic mass is 32.2. The first kappa shape index (κ1) is 13.3. The van der Waals surface area contributed by atoms with Gasteiger partial charge in [-0.2, -0.15) is 0 Å². The normalized spacial score (nSPS) is 10.6. The van der Waals surface area contributed by atoms with Gasteiger partial charge in [-0.3, -0.25) is 8.37 Å². The Balaban J connectivity index is 2.76. The van der Waals surface area contributed by atoms with Gasteiger partial charge in [0.25, 0.3) is 0 Å². The second kappa shape index (κ2) is 12.3. The fourth-order valence-electron chi connectivity index (χ4n) is 0.924. The van der Waals surface area contributed by atoms with Crippen molar-refractivity contribution in [1.82, 2.24) is 0 Å². The highest BCUT2D eigenvalue weighted by molar-refractivity contribution is 7.89. The molecule has 0 aromatic heterocycles. The van der Waals surface area contributed by atoms with Gasteiger partial charge in [0, 0.05) is 0 Å². The molecule has 0 aliphatic heterocycles. The van der Waals surface area contributed by atoms with Crippen LogP contribution in [0.5, 0.6) is 0 Å². The Kier molecular flexibility index (Phi) is 12.5. The zero-order valence-corrected chi connectivity index (χ0v) is 9.70. The van der Waals surface area contributed by atoms with Crippen LogP contribution in [-0.2, 0) is 8.37 Å². The summed E-state index contributed by atoms with van der Waals surface area (Å²) >= 11 is 1.15. The summed E-state index contributed by atoms with van der Waals surface area (Å²) in [7, 11) is 0. The Morgan fingerprint density at radius 1 is 0.769 bits per heavy atom. The van der Waals surface area contributed by atoms with E-state index in [2.05, 4.69) is 13.8 Å². The van der Waals surface area contributed by atoms with E-state index in [9.17, 15) is 0 Å². The summed E-state index contributed by atoms with van der Waals surface area (Å²) in [5, 5.41) is 0. The van der Waals surface area contributed by atoms with Crippen LogP contribution < -0.4 is 0 Å². The predicted octanol–water partition coefficient (Wildman–Crippen LogP) is 3.96. The Morgan fingerprint density at radius 3 is 1.62 bits per heavy atom. The Morgan fingerprint density at radius 2 is 1.23 bits per heavy atom. The molecule has 0 rings (SSSR count). The van der Waals surface area contributed by atoms with Gasteiger partial charge in [-0.1, -0.05) is 39.5 Å². The van der Waals surface area contributed by atoms with Gasteiger partial charge < -0.3 is 0 Å². The van der Waals surface area contributed by atoms with Crippen molar-refractivity contribution in [2.45, 2.75) is 52.4 Å². The topological polar surface area (TPSA) is 18.5 Å². The first-order valence-corrected chi connectivity index (χ1v) is 5.99. The molecular weight excluding hydrogens is 184 g/mol. The van der Waals surface area contributed by atoms with E-state index in [-0.39, 0.29) is 0 Å². The average molecular weight is 206 g/mol. The molecule has 0 fully saturated rings. The molecule has 0 saturated carbocycles. The smallest absolute Gasteiger partial charge is 0.158 e. The molecule has 0 amide bonds. The van der Waals surface area contributed by atoms with Crippen molar-refractivity contribution in [3.05, 3.63) is 0 Å². The third-order valence-corrected chi connectivity index (χ3v) is 2.28. The molecule has 13 heavy (non-hydrogen) atoms. The molecule has 0 aliphatic rings. The largest absolute Gasteiger partial charge is 0.291 e. The molecule has 0 saturated heterocycles. The molecule has 0 heterocycles. The molecule has 0 aliphatic carbocycles. The second-order valence-electron chi connectivity index (χ2n) is 3.13. The van der Waals surface area contributed by atoms with Crippen molar-refractivity contribution < 1.29 is 8.37 Å². The minimum Gasteiger partial charge on any atom is -0.291 e. The van der Waals surface area contributed by atoms with Crippen molar-refractivity contribution in [1.29, 1.82) is 0 Å². The third-order valence-electron chi connectivity index (χ3n) is 1.76. The molecule has 0 N–H and O–H groups in total. The van der Waals surface area contributed by atoms with Crippen LogP contribution in [-0.4, -0.2) is 13.2 Å². The number of unbranched alkanes of at least 4 members (excludes halogenated alkanes) is 4. The molecule has 2 nitrogen and oxygen atoms in total. The standard InChI is InChI=1S/C10H22O2S/c1-3-5-7-9-11-13-12-10-8-6-4-2/h3-10H2,1-2H3. The average Bonchev–Trinajstić information content (AvgIpc) is 2.16. The molecular formula is C10H22O2S. The van der Waals surface area contributed by atoms with Crippen LogP contribution in [0.1, 0.15) is 52.4 Å². The highest BCUT2D eigenvalue weighted by Crippen LogP contribution is 2.08. The van der Waals surface area contributed by atoms with Crippen LogP contribution in [0.3, 0.4) is 0 Å². The number of hydrogen-bond donors (Lipinski definition) is 0. The van der Waals surface area contributed by atoms with Crippen molar-refractivity contribution >= 4 is 12.3 Å². The molecule has 3 heteroatoms. The fraction of sp³-hybridized carbons (Fsp3) is 1.00. The van der Waals surface area contributed by atoms with Gasteiger partial charge in [-0.15, -0.1) is 0 Å².